The summed E-state index contributed by atoms with van der Waals surface area (Å²) in [7, 11) is 1.57. The van der Waals surface area contributed by atoms with Crippen LogP contribution in [0, 0.1) is 0 Å². The number of aromatic nitrogens is 1. The van der Waals surface area contributed by atoms with Crippen LogP contribution in [0.15, 0.2) is 53.9 Å². The maximum absolute atomic E-state index is 12.3. The zero-order valence-corrected chi connectivity index (χ0v) is 19.5. The summed E-state index contributed by atoms with van der Waals surface area (Å²) >= 11 is 1.34. The molecule has 1 aromatic heterocycles. The number of benzene rings is 2. The van der Waals surface area contributed by atoms with Crippen LogP contribution in [0.3, 0.4) is 0 Å². The van der Waals surface area contributed by atoms with E-state index in [2.05, 4.69) is 34.6 Å². The van der Waals surface area contributed by atoms with E-state index in [9.17, 15) is 14.4 Å². The number of aliphatic carboxylic acids is 1. The molecule has 0 saturated heterocycles. The molecule has 3 aromatic rings. The second-order valence-corrected chi connectivity index (χ2v) is 8.99. The Kier molecular flexibility index (Phi) is 7.22. The molecule has 34 heavy (non-hydrogen) atoms. The highest BCUT2D eigenvalue weighted by Gasteiger charge is 2.29. The number of carboxylic acids is 1. The number of carboxylic acid groups (broad SMARTS) is 1. The number of fused-ring (bicyclic) bond motifs is 3. The average molecular weight is 480 g/mol. The number of alkyl carbamates (subject to hydrolysis) is 1. The fraction of sp³-hybridized carbons (Fsp3) is 0.280. The maximum atomic E-state index is 12.3. The lowest BCUT2D eigenvalue weighted by molar-refractivity contribution is -0.138. The number of thiazole rings is 1. The Morgan fingerprint density at radius 1 is 1.09 bits per heavy atom. The number of carbonyl (C=O) groups is 3. The largest absolute Gasteiger partial charge is 0.481 e. The normalized spacial score (nSPS) is 12.0. The lowest BCUT2D eigenvalue weighted by Gasteiger charge is -2.15. The van der Waals surface area contributed by atoms with Gasteiger partial charge in [0.25, 0.3) is 0 Å². The molecule has 2 N–H and O–H groups in total. The molecule has 0 radical (unpaired) electrons. The topological polar surface area (TPSA) is 109 Å². The van der Waals surface area contributed by atoms with E-state index >= 15 is 0 Å². The monoisotopic (exact) mass is 479 g/mol. The Hall–Kier alpha value is -3.72. The molecular formula is C25H25N3O5S. The van der Waals surface area contributed by atoms with Crippen molar-refractivity contribution in [2.24, 2.45) is 0 Å². The van der Waals surface area contributed by atoms with Gasteiger partial charge in [0.2, 0.25) is 5.91 Å². The molecule has 1 aliphatic carbocycles. The first-order chi connectivity index (χ1) is 16.4. The van der Waals surface area contributed by atoms with Crippen molar-refractivity contribution in [3.05, 3.63) is 75.7 Å². The summed E-state index contributed by atoms with van der Waals surface area (Å²) in [5.74, 6) is -1.16. The van der Waals surface area contributed by atoms with Crippen molar-refractivity contribution in [3.8, 4) is 11.1 Å². The van der Waals surface area contributed by atoms with E-state index in [4.69, 9.17) is 9.84 Å². The van der Waals surface area contributed by atoms with Crippen LogP contribution in [-0.4, -0.2) is 53.2 Å². The quantitative estimate of drug-likeness (QED) is 0.485. The van der Waals surface area contributed by atoms with Crippen molar-refractivity contribution < 1.29 is 24.2 Å². The van der Waals surface area contributed by atoms with Gasteiger partial charge in [0.05, 0.1) is 25.1 Å². The Bertz CT molecular complexity index is 1160. The number of likely N-dealkylation sites (N-methyl/N-ethyl adjacent to an activating group) is 1. The predicted octanol–water partition coefficient (Wildman–Crippen LogP) is 3.66. The number of hydrogen-bond acceptors (Lipinski definition) is 6. The van der Waals surface area contributed by atoms with Gasteiger partial charge in [-0.3, -0.25) is 9.59 Å². The van der Waals surface area contributed by atoms with Gasteiger partial charge in [-0.1, -0.05) is 48.5 Å². The van der Waals surface area contributed by atoms with Crippen LogP contribution in [-0.2, 0) is 27.3 Å². The lowest BCUT2D eigenvalue weighted by Crippen LogP contribution is -2.30. The number of hydrogen-bond donors (Lipinski definition) is 2. The van der Waals surface area contributed by atoms with Gasteiger partial charge in [-0.05, 0) is 22.3 Å². The van der Waals surface area contributed by atoms with Crippen molar-refractivity contribution in [1.29, 1.82) is 0 Å². The number of nitrogens with zero attached hydrogens (tertiary/aromatic N) is 2. The fourth-order valence-electron chi connectivity index (χ4n) is 3.99. The Morgan fingerprint density at radius 3 is 2.38 bits per heavy atom. The molecule has 0 fully saturated rings. The summed E-state index contributed by atoms with van der Waals surface area (Å²) < 4.78 is 5.53. The molecule has 0 spiro atoms. The molecule has 0 saturated carbocycles. The molecule has 2 aromatic carbocycles. The lowest BCUT2D eigenvalue weighted by atomic mass is 9.98. The highest BCUT2D eigenvalue weighted by atomic mass is 32.1. The maximum Gasteiger partial charge on any atom is 0.407 e. The van der Waals surface area contributed by atoms with Crippen molar-refractivity contribution in [2.45, 2.75) is 25.3 Å². The molecule has 0 bridgehead atoms. The van der Waals surface area contributed by atoms with Gasteiger partial charge in [0.1, 0.15) is 11.6 Å². The van der Waals surface area contributed by atoms with Crippen LogP contribution < -0.4 is 5.32 Å². The number of carbonyl (C=O) groups excluding carboxylic acids is 2. The first kappa shape index (κ1) is 23.4. The summed E-state index contributed by atoms with van der Waals surface area (Å²) in [5, 5.41) is 13.9. The Labute approximate surface area is 201 Å². The molecule has 9 heteroatoms. The highest BCUT2D eigenvalue weighted by Crippen LogP contribution is 2.44. The van der Waals surface area contributed by atoms with Gasteiger partial charge >= 0.3 is 12.1 Å². The molecule has 1 aliphatic rings. The van der Waals surface area contributed by atoms with Crippen LogP contribution >= 0.6 is 11.3 Å². The van der Waals surface area contributed by atoms with Gasteiger partial charge in [-0.2, -0.15) is 0 Å². The third-order valence-corrected chi connectivity index (χ3v) is 6.64. The molecular weight excluding hydrogens is 454 g/mol. The van der Waals surface area contributed by atoms with E-state index in [0.717, 1.165) is 11.1 Å². The Morgan fingerprint density at radius 2 is 1.74 bits per heavy atom. The molecule has 4 rings (SSSR count). The van der Waals surface area contributed by atoms with E-state index in [0.29, 0.717) is 10.7 Å². The minimum Gasteiger partial charge on any atom is -0.481 e. The van der Waals surface area contributed by atoms with E-state index < -0.39 is 12.1 Å². The Balaban J connectivity index is 1.27. The van der Waals surface area contributed by atoms with Crippen molar-refractivity contribution in [1.82, 2.24) is 15.2 Å². The third kappa shape index (κ3) is 5.43. The molecule has 0 unspecified atom stereocenters. The number of ether oxygens (including phenoxy) is 1. The second kappa shape index (κ2) is 10.5. The van der Waals surface area contributed by atoms with Gasteiger partial charge in [-0.25, -0.2) is 9.78 Å². The van der Waals surface area contributed by atoms with Gasteiger partial charge < -0.3 is 20.1 Å². The van der Waals surface area contributed by atoms with Crippen LogP contribution in [0.1, 0.15) is 34.2 Å². The number of rotatable bonds is 9. The van der Waals surface area contributed by atoms with Crippen molar-refractivity contribution >= 4 is 29.3 Å². The minimum atomic E-state index is -0.949. The van der Waals surface area contributed by atoms with E-state index in [1.54, 1.807) is 12.4 Å². The van der Waals surface area contributed by atoms with Crippen LogP contribution in [0.2, 0.25) is 0 Å². The van der Waals surface area contributed by atoms with Crippen LogP contribution in [0.25, 0.3) is 11.1 Å². The molecule has 2 amide bonds. The van der Waals surface area contributed by atoms with Crippen molar-refractivity contribution in [3.63, 3.8) is 0 Å². The first-order valence-electron chi connectivity index (χ1n) is 10.9. The smallest absolute Gasteiger partial charge is 0.407 e. The molecule has 176 valence electrons. The molecule has 8 nitrogen and oxygen atoms in total. The fourth-order valence-corrected chi connectivity index (χ4v) is 4.72. The summed E-state index contributed by atoms with van der Waals surface area (Å²) in [6.07, 6.45) is -0.547. The molecule has 1 heterocycles. The van der Waals surface area contributed by atoms with E-state index in [1.807, 2.05) is 24.3 Å². The minimum absolute atomic E-state index is 0.00579. The van der Waals surface area contributed by atoms with Crippen LogP contribution in [0.4, 0.5) is 4.79 Å². The highest BCUT2D eigenvalue weighted by molar-refractivity contribution is 7.09. The first-order valence-corrected chi connectivity index (χ1v) is 11.8. The van der Waals surface area contributed by atoms with Gasteiger partial charge in [0.15, 0.2) is 0 Å². The number of amides is 2. The summed E-state index contributed by atoms with van der Waals surface area (Å²) in [6, 6.07) is 16.3. The summed E-state index contributed by atoms with van der Waals surface area (Å²) in [4.78, 5) is 40.9. The molecule has 0 aliphatic heterocycles. The zero-order valence-electron chi connectivity index (χ0n) is 18.7. The SMILES string of the molecule is CN(CCC(=O)O)C(=O)Cc1csc(CNC(=O)OCC2c3ccccc3-c3ccccc32)n1. The van der Waals surface area contributed by atoms with E-state index in [1.165, 1.54) is 27.4 Å². The number of nitrogens with one attached hydrogen (secondary N) is 1. The van der Waals surface area contributed by atoms with Gasteiger partial charge in [0, 0.05) is 24.9 Å². The van der Waals surface area contributed by atoms with Gasteiger partial charge in [-0.15, -0.1) is 11.3 Å². The standard InChI is InChI=1S/C25H25N3O5S/c1-28(11-10-24(30)31)23(29)12-16-15-34-22(27-16)13-26-25(32)33-14-21-19-8-4-2-6-17(19)18-7-3-5-9-20(18)21/h2-9,15,21H,10-14H2,1H3,(H,26,32)(H,30,31). The van der Waals surface area contributed by atoms with Crippen molar-refractivity contribution in [2.75, 3.05) is 20.2 Å². The average Bonchev–Trinajstić information content (AvgIpc) is 3.42. The predicted molar refractivity (Wildman–Crippen MR) is 128 cm³/mol. The van der Waals surface area contributed by atoms with E-state index in [-0.39, 0.29) is 44.4 Å². The van der Waals surface area contributed by atoms with Crippen LogP contribution in [0.5, 0.6) is 0 Å². The summed E-state index contributed by atoms with van der Waals surface area (Å²) in [6.45, 7) is 0.582. The zero-order chi connectivity index (χ0) is 24.1. The summed E-state index contributed by atoms with van der Waals surface area (Å²) in [5.41, 5.74) is 5.23. The second-order valence-electron chi connectivity index (χ2n) is 8.05. The molecule has 0 atom stereocenters. The third-order valence-electron chi connectivity index (χ3n) is 5.75.